The number of unbranched alkanes of at least 4 members (excludes halogenated alkanes) is 3. The van der Waals surface area contributed by atoms with Crippen LogP contribution in [0.25, 0.3) is 0 Å². The summed E-state index contributed by atoms with van der Waals surface area (Å²) in [5.74, 6) is -1.68. The van der Waals surface area contributed by atoms with Crippen LogP contribution in [0.15, 0.2) is 0 Å². The molecule has 23 heavy (non-hydrogen) atoms. The van der Waals surface area contributed by atoms with E-state index in [2.05, 4.69) is 12.2 Å². The Labute approximate surface area is 137 Å². The van der Waals surface area contributed by atoms with Crippen LogP contribution in [-0.4, -0.2) is 41.4 Å². The van der Waals surface area contributed by atoms with Crippen molar-refractivity contribution in [1.29, 1.82) is 0 Å². The maximum absolute atomic E-state index is 12.0. The van der Waals surface area contributed by atoms with Gasteiger partial charge in [-0.05, 0) is 33.6 Å². The van der Waals surface area contributed by atoms with Gasteiger partial charge in [-0.15, -0.1) is 0 Å². The first kappa shape index (κ1) is 21.2. The number of carboxylic acids is 1. The van der Waals surface area contributed by atoms with Crippen molar-refractivity contribution in [2.45, 2.75) is 77.9 Å². The Hall–Kier alpha value is -1.79. The van der Waals surface area contributed by atoms with Crippen molar-refractivity contribution in [1.82, 2.24) is 5.32 Å². The summed E-state index contributed by atoms with van der Waals surface area (Å²) < 4.78 is 10.2. The predicted octanol–water partition coefficient (Wildman–Crippen LogP) is 2.87. The maximum Gasteiger partial charge on any atom is 0.408 e. The lowest BCUT2D eigenvalue weighted by Gasteiger charge is -2.22. The fourth-order valence-corrected chi connectivity index (χ4v) is 1.77. The molecular formula is C16H29NO6. The Bertz CT molecular complexity index is 389. The topological polar surface area (TPSA) is 102 Å². The predicted molar refractivity (Wildman–Crippen MR) is 85.1 cm³/mol. The second kappa shape index (κ2) is 10.9. The highest BCUT2D eigenvalue weighted by atomic mass is 16.6. The summed E-state index contributed by atoms with van der Waals surface area (Å²) in [5.41, 5.74) is -0.703. The zero-order valence-electron chi connectivity index (χ0n) is 14.5. The molecule has 0 spiro atoms. The van der Waals surface area contributed by atoms with Crippen LogP contribution in [0.3, 0.4) is 0 Å². The summed E-state index contributed by atoms with van der Waals surface area (Å²) in [4.78, 5) is 34.4. The molecule has 0 fully saturated rings. The van der Waals surface area contributed by atoms with E-state index in [1.165, 1.54) is 0 Å². The van der Waals surface area contributed by atoms with Crippen LogP contribution in [0.1, 0.15) is 66.2 Å². The third-order valence-electron chi connectivity index (χ3n) is 2.86. The van der Waals surface area contributed by atoms with Crippen LogP contribution >= 0.6 is 0 Å². The van der Waals surface area contributed by atoms with Gasteiger partial charge in [0.1, 0.15) is 11.6 Å². The summed E-state index contributed by atoms with van der Waals surface area (Å²) in [5, 5.41) is 11.1. The molecule has 0 radical (unpaired) electrons. The van der Waals surface area contributed by atoms with Crippen LogP contribution in [-0.2, 0) is 19.1 Å². The van der Waals surface area contributed by atoms with Gasteiger partial charge in [-0.3, -0.25) is 4.79 Å². The molecule has 0 saturated heterocycles. The van der Waals surface area contributed by atoms with Crippen LogP contribution in [0.2, 0.25) is 0 Å². The smallest absolute Gasteiger partial charge is 0.408 e. The summed E-state index contributed by atoms with van der Waals surface area (Å²) in [6, 6.07) is -1.02. The van der Waals surface area contributed by atoms with E-state index in [1.807, 2.05) is 0 Å². The van der Waals surface area contributed by atoms with Gasteiger partial charge in [-0.25, -0.2) is 9.59 Å². The summed E-state index contributed by atoms with van der Waals surface area (Å²) in [6.07, 6.45) is 2.80. The highest BCUT2D eigenvalue weighted by molar-refractivity contribution is 5.82. The van der Waals surface area contributed by atoms with Gasteiger partial charge < -0.3 is 19.9 Å². The van der Waals surface area contributed by atoms with Gasteiger partial charge in [0.15, 0.2) is 0 Å². The molecule has 1 amide bonds. The van der Waals surface area contributed by atoms with Gasteiger partial charge >= 0.3 is 18.0 Å². The SMILES string of the molecule is CCCCCCOC(=O)[C@H](CCC(=O)O)NC(=O)OC(C)(C)C. The Morgan fingerprint density at radius 1 is 1.13 bits per heavy atom. The first-order valence-corrected chi connectivity index (χ1v) is 8.03. The van der Waals surface area contributed by atoms with Crippen LogP contribution in [0.4, 0.5) is 4.79 Å². The minimum Gasteiger partial charge on any atom is -0.481 e. The zero-order chi connectivity index (χ0) is 17.9. The van der Waals surface area contributed by atoms with Gasteiger partial charge in [0.05, 0.1) is 6.61 Å². The van der Waals surface area contributed by atoms with Gasteiger partial charge in [-0.2, -0.15) is 0 Å². The molecule has 7 heteroatoms. The Kier molecular flexibility index (Phi) is 10.0. The third kappa shape index (κ3) is 12.4. The van der Waals surface area contributed by atoms with Crippen LogP contribution in [0.5, 0.6) is 0 Å². The first-order chi connectivity index (χ1) is 10.7. The first-order valence-electron chi connectivity index (χ1n) is 8.03. The van der Waals surface area contributed by atoms with Crippen LogP contribution in [0, 0.1) is 0 Å². The monoisotopic (exact) mass is 331 g/mol. The van der Waals surface area contributed by atoms with E-state index in [0.717, 1.165) is 25.7 Å². The van der Waals surface area contributed by atoms with E-state index in [1.54, 1.807) is 20.8 Å². The van der Waals surface area contributed by atoms with Crippen LogP contribution < -0.4 is 5.32 Å². The van der Waals surface area contributed by atoms with Gasteiger partial charge in [0, 0.05) is 6.42 Å². The number of carbonyl (C=O) groups is 3. The zero-order valence-corrected chi connectivity index (χ0v) is 14.5. The minimum absolute atomic E-state index is 0.0393. The third-order valence-corrected chi connectivity index (χ3v) is 2.86. The maximum atomic E-state index is 12.0. The molecule has 7 nitrogen and oxygen atoms in total. The van der Waals surface area contributed by atoms with E-state index >= 15 is 0 Å². The number of alkyl carbamates (subject to hydrolysis) is 1. The summed E-state index contributed by atoms with van der Waals surface area (Å²) in [7, 11) is 0. The molecule has 2 N–H and O–H groups in total. The Morgan fingerprint density at radius 3 is 2.30 bits per heavy atom. The van der Waals surface area contributed by atoms with E-state index < -0.39 is 29.7 Å². The van der Waals surface area contributed by atoms with E-state index in [4.69, 9.17) is 14.6 Å². The average molecular weight is 331 g/mol. The van der Waals surface area contributed by atoms with Crippen molar-refractivity contribution in [2.24, 2.45) is 0 Å². The molecule has 0 aromatic heterocycles. The number of carboxylic acid groups (broad SMARTS) is 1. The molecule has 0 unspecified atom stereocenters. The molecule has 0 bridgehead atoms. The molecule has 134 valence electrons. The van der Waals surface area contributed by atoms with Crippen molar-refractivity contribution in [3.05, 3.63) is 0 Å². The van der Waals surface area contributed by atoms with E-state index in [9.17, 15) is 14.4 Å². The molecule has 0 aliphatic heterocycles. The van der Waals surface area contributed by atoms with Crippen molar-refractivity contribution in [2.75, 3.05) is 6.61 Å². The standard InChI is InChI=1S/C16H29NO6/c1-5-6-7-8-11-22-14(20)12(9-10-13(18)19)17-15(21)23-16(2,3)4/h12H,5-11H2,1-4H3,(H,17,21)(H,18,19)/t12-/m0/s1. The van der Waals surface area contributed by atoms with Gasteiger partial charge in [0.2, 0.25) is 0 Å². The fourth-order valence-electron chi connectivity index (χ4n) is 1.77. The second-order valence-corrected chi connectivity index (χ2v) is 6.36. The normalized spacial score (nSPS) is 12.3. The second-order valence-electron chi connectivity index (χ2n) is 6.36. The number of hydrogen-bond donors (Lipinski definition) is 2. The molecule has 0 rings (SSSR count). The average Bonchev–Trinajstić information content (AvgIpc) is 2.40. The highest BCUT2D eigenvalue weighted by Gasteiger charge is 2.26. The number of ether oxygens (including phenoxy) is 2. The van der Waals surface area contributed by atoms with E-state index in [0.29, 0.717) is 0 Å². The lowest BCUT2D eigenvalue weighted by atomic mass is 10.1. The lowest BCUT2D eigenvalue weighted by molar-refractivity contribution is -0.147. The molecular weight excluding hydrogens is 302 g/mol. The fraction of sp³-hybridized carbons (Fsp3) is 0.812. The molecule has 0 heterocycles. The minimum atomic E-state index is -1.04. The number of rotatable bonds is 10. The molecule has 0 aliphatic carbocycles. The number of carbonyl (C=O) groups excluding carboxylic acids is 2. The number of aliphatic carboxylic acids is 1. The summed E-state index contributed by atoms with van der Waals surface area (Å²) >= 11 is 0. The summed E-state index contributed by atoms with van der Waals surface area (Å²) in [6.45, 7) is 7.44. The number of amides is 1. The molecule has 0 aromatic rings. The molecule has 0 aliphatic rings. The highest BCUT2D eigenvalue weighted by Crippen LogP contribution is 2.09. The lowest BCUT2D eigenvalue weighted by Crippen LogP contribution is -2.44. The van der Waals surface area contributed by atoms with Gasteiger partial charge in [-0.1, -0.05) is 26.2 Å². The quantitative estimate of drug-likeness (QED) is 0.471. The Balaban J connectivity index is 4.45. The number of hydrogen-bond acceptors (Lipinski definition) is 5. The van der Waals surface area contributed by atoms with E-state index in [-0.39, 0.29) is 19.4 Å². The van der Waals surface area contributed by atoms with Crippen molar-refractivity contribution >= 4 is 18.0 Å². The molecule has 0 aromatic carbocycles. The molecule has 1 atom stereocenters. The van der Waals surface area contributed by atoms with Crippen molar-refractivity contribution in [3.8, 4) is 0 Å². The Morgan fingerprint density at radius 2 is 1.78 bits per heavy atom. The van der Waals surface area contributed by atoms with Crippen molar-refractivity contribution in [3.63, 3.8) is 0 Å². The molecule has 0 saturated carbocycles. The number of esters is 1. The largest absolute Gasteiger partial charge is 0.481 e. The number of nitrogens with one attached hydrogen (secondary N) is 1. The van der Waals surface area contributed by atoms with Gasteiger partial charge in [0.25, 0.3) is 0 Å². The van der Waals surface area contributed by atoms with Crippen molar-refractivity contribution < 1.29 is 29.0 Å².